The first kappa shape index (κ1) is 17.3. The Bertz CT molecular complexity index is 981. The molecule has 1 atom stereocenters. The van der Waals surface area contributed by atoms with Gasteiger partial charge in [-0.05, 0) is 41.8 Å². The number of aromatic hydroxyl groups is 1. The van der Waals surface area contributed by atoms with Gasteiger partial charge in [-0.25, -0.2) is 5.01 Å². The summed E-state index contributed by atoms with van der Waals surface area (Å²) in [5, 5.41) is 18.4. The minimum atomic E-state index is -0.349. The number of hydrazone groups is 1. The zero-order valence-electron chi connectivity index (χ0n) is 14.7. The molecule has 3 aromatic rings. The monoisotopic (exact) mass is 378 g/mol. The molecular weight excluding hydrogens is 360 g/mol. The lowest BCUT2D eigenvalue weighted by atomic mass is 9.99. The van der Waals surface area contributed by atoms with Crippen LogP contribution in [-0.2, 0) is 0 Å². The average molecular weight is 378 g/mol. The number of hydrogen-bond acceptors (Lipinski definition) is 5. The number of amides is 1. The van der Waals surface area contributed by atoms with Crippen LogP contribution in [0.4, 0.5) is 0 Å². The van der Waals surface area contributed by atoms with Gasteiger partial charge in [0.15, 0.2) is 0 Å². The van der Waals surface area contributed by atoms with Crippen molar-refractivity contribution in [3.8, 4) is 11.5 Å². The SMILES string of the molecule is COc1ccc(C(=O)N2N=C(c3cccs3)C[C@H]2c2ccccc2O)cc1. The van der Waals surface area contributed by atoms with E-state index in [1.165, 1.54) is 5.01 Å². The molecular formula is C21H18N2O3S. The molecule has 0 saturated heterocycles. The van der Waals surface area contributed by atoms with Gasteiger partial charge in [-0.3, -0.25) is 4.79 Å². The summed E-state index contributed by atoms with van der Waals surface area (Å²) in [7, 11) is 1.59. The van der Waals surface area contributed by atoms with Crippen LogP contribution < -0.4 is 4.74 Å². The summed E-state index contributed by atoms with van der Waals surface area (Å²) in [5.74, 6) is 0.642. The van der Waals surface area contributed by atoms with Crippen LogP contribution in [0, 0.1) is 0 Å². The van der Waals surface area contributed by atoms with Crippen LogP contribution in [0.5, 0.6) is 11.5 Å². The minimum absolute atomic E-state index is 0.165. The summed E-state index contributed by atoms with van der Waals surface area (Å²) in [6.07, 6.45) is 0.556. The van der Waals surface area contributed by atoms with Crippen molar-refractivity contribution in [2.75, 3.05) is 7.11 Å². The molecule has 1 N–H and O–H groups in total. The molecule has 1 amide bonds. The Balaban J connectivity index is 1.72. The van der Waals surface area contributed by atoms with Crippen LogP contribution in [0.1, 0.15) is 33.3 Å². The number of phenols is 1. The third-order valence-electron chi connectivity index (χ3n) is 4.56. The number of rotatable bonds is 4. The third kappa shape index (κ3) is 3.31. The summed E-state index contributed by atoms with van der Waals surface area (Å²) >= 11 is 1.59. The lowest BCUT2D eigenvalue weighted by molar-refractivity contribution is 0.0709. The summed E-state index contributed by atoms with van der Waals surface area (Å²) < 4.78 is 5.16. The predicted molar refractivity (Wildman–Crippen MR) is 105 cm³/mol. The van der Waals surface area contributed by atoms with E-state index in [1.54, 1.807) is 54.8 Å². The number of methoxy groups -OCH3 is 1. The van der Waals surface area contributed by atoms with E-state index in [1.807, 2.05) is 29.6 Å². The third-order valence-corrected chi connectivity index (χ3v) is 5.48. The van der Waals surface area contributed by atoms with Gasteiger partial charge in [0.05, 0.1) is 23.7 Å². The molecule has 2 aromatic carbocycles. The molecule has 1 aromatic heterocycles. The number of hydrogen-bond donors (Lipinski definition) is 1. The summed E-state index contributed by atoms with van der Waals surface area (Å²) in [6.45, 7) is 0. The molecule has 5 nitrogen and oxygen atoms in total. The van der Waals surface area contributed by atoms with Crippen molar-refractivity contribution in [3.05, 3.63) is 82.0 Å². The van der Waals surface area contributed by atoms with Crippen LogP contribution in [0.15, 0.2) is 71.1 Å². The summed E-state index contributed by atoms with van der Waals surface area (Å²) in [4.78, 5) is 14.2. The second kappa shape index (κ2) is 7.25. The van der Waals surface area contributed by atoms with Crippen LogP contribution in [0.25, 0.3) is 0 Å². The fourth-order valence-electron chi connectivity index (χ4n) is 3.17. The zero-order chi connectivity index (χ0) is 18.8. The Morgan fingerprint density at radius 3 is 2.59 bits per heavy atom. The van der Waals surface area contributed by atoms with Crippen molar-refractivity contribution in [2.24, 2.45) is 5.10 Å². The largest absolute Gasteiger partial charge is 0.508 e. The Morgan fingerprint density at radius 2 is 1.93 bits per heavy atom. The molecule has 0 radical (unpaired) electrons. The average Bonchev–Trinajstić information content (AvgIpc) is 3.38. The van der Waals surface area contributed by atoms with Crippen molar-refractivity contribution in [2.45, 2.75) is 12.5 Å². The smallest absolute Gasteiger partial charge is 0.274 e. The Hall–Kier alpha value is -3.12. The number of phenolic OH excluding ortho intramolecular Hbond substituents is 1. The van der Waals surface area contributed by atoms with Gasteiger partial charge in [0, 0.05) is 17.5 Å². The van der Waals surface area contributed by atoms with Gasteiger partial charge in [0.2, 0.25) is 0 Å². The van der Waals surface area contributed by atoms with E-state index < -0.39 is 0 Å². The number of nitrogens with zero attached hydrogens (tertiary/aromatic N) is 2. The highest BCUT2D eigenvalue weighted by molar-refractivity contribution is 7.12. The Kier molecular flexibility index (Phi) is 4.64. The van der Waals surface area contributed by atoms with Crippen molar-refractivity contribution in [1.82, 2.24) is 5.01 Å². The lowest BCUT2D eigenvalue weighted by Gasteiger charge is -2.22. The Morgan fingerprint density at radius 1 is 1.15 bits per heavy atom. The number of carbonyl (C=O) groups is 1. The van der Waals surface area contributed by atoms with Gasteiger partial charge in [-0.2, -0.15) is 5.10 Å². The second-order valence-electron chi connectivity index (χ2n) is 6.18. The first-order valence-corrected chi connectivity index (χ1v) is 9.42. The quantitative estimate of drug-likeness (QED) is 0.729. The zero-order valence-corrected chi connectivity index (χ0v) is 15.5. The van der Waals surface area contributed by atoms with E-state index in [4.69, 9.17) is 4.74 Å². The predicted octanol–water partition coefficient (Wildman–Crippen LogP) is 4.45. The van der Waals surface area contributed by atoms with Crippen molar-refractivity contribution < 1.29 is 14.6 Å². The van der Waals surface area contributed by atoms with Gasteiger partial charge in [-0.15, -0.1) is 11.3 Å². The van der Waals surface area contributed by atoms with E-state index in [0.717, 1.165) is 10.6 Å². The maximum atomic E-state index is 13.2. The molecule has 27 heavy (non-hydrogen) atoms. The van der Waals surface area contributed by atoms with Gasteiger partial charge >= 0.3 is 0 Å². The van der Waals surface area contributed by atoms with Crippen molar-refractivity contribution in [3.63, 3.8) is 0 Å². The van der Waals surface area contributed by atoms with E-state index >= 15 is 0 Å². The number of para-hydroxylation sites is 1. The molecule has 4 rings (SSSR count). The van der Waals surface area contributed by atoms with Crippen molar-refractivity contribution >= 4 is 23.0 Å². The molecule has 0 bridgehead atoms. The highest BCUT2D eigenvalue weighted by Crippen LogP contribution is 2.38. The molecule has 6 heteroatoms. The number of carbonyl (C=O) groups excluding carboxylic acids is 1. The van der Waals surface area contributed by atoms with Crippen LogP contribution in [0.3, 0.4) is 0 Å². The molecule has 0 unspecified atom stereocenters. The lowest BCUT2D eigenvalue weighted by Crippen LogP contribution is -2.27. The first-order chi connectivity index (χ1) is 13.2. The highest BCUT2D eigenvalue weighted by atomic mass is 32.1. The number of benzene rings is 2. The molecule has 0 saturated carbocycles. The number of thiophene rings is 1. The second-order valence-corrected chi connectivity index (χ2v) is 7.13. The molecule has 136 valence electrons. The highest BCUT2D eigenvalue weighted by Gasteiger charge is 2.35. The fourth-order valence-corrected chi connectivity index (χ4v) is 3.89. The fraction of sp³-hybridized carbons (Fsp3) is 0.143. The molecule has 1 aliphatic rings. The molecule has 2 heterocycles. The summed E-state index contributed by atoms with van der Waals surface area (Å²) in [6, 6.07) is 17.7. The van der Waals surface area contributed by atoms with Gasteiger partial charge in [0.25, 0.3) is 5.91 Å². The molecule has 0 fully saturated rings. The molecule has 1 aliphatic heterocycles. The van der Waals surface area contributed by atoms with Gasteiger partial charge < -0.3 is 9.84 Å². The van der Waals surface area contributed by atoms with Gasteiger partial charge in [0.1, 0.15) is 11.5 Å². The first-order valence-electron chi connectivity index (χ1n) is 8.54. The maximum absolute atomic E-state index is 13.2. The van der Waals surface area contributed by atoms with Crippen LogP contribution >= 0.6 is 11.3 Å². The Labute approximate surface area is 161 Å². The van der Waals surface area contributed by atoms with E-state index in [9.17, 15) is 9.90 Å². The summed E-state index contributed by atoms with van der Waals surface area (Å²) in [5.41, 5.74) is 2.06. The van der Waals surface area contributed by atoms with Crippen LogP contribution in [-0.4, -0.2) is 28.8 Å². The normalized spacial score (nSPS) is 16.3. The minimum Gasteiger partial charge on any atom is -0.508 e. The van der Waals surface area contributed by atoms with E-state index in [0.29, 0.717) is 23.3 Å². The molecule has 0 spiro atoms. The van der Waals surface area contributed by atoms with Crippen molar-refractivity contribution in [1.29, 1.82) is 0 Å². The molecule has 0 aliphatic carbocycles. The van der Waals surface area contributed by atoms with E-state index in [-0.39, 0.29) is 17.7 Å². The van der Waals surface area contributed by atoms with Gasteiger partial charge in [-0.1, -0.05) is 24.3 Å². The number of ether oxygens (including phenoxy) is 1. The topological polar surface area (TPSA) is 62.1 Å². The standard InChI is InChI=1S/C21H18N2O3S/c1-26-15-10-8-14(9-11-15)21(25)23-18(16-5-2-3-6-19(16)24)13-17(22-23)20-7-4-12-27-20/h2-12,18,24H,13H2,1H3/t18-/m0/s1. The maximum Gasteiger partial charge on any atom is 0.274 e. The van der Waals surface area contributed by atoms with Crippen LogP contribution in [0.2, 0.25) is 0 Å². The van der Waals surface area contributed by atoms with E-state index in [2.05, 4.69) is 5.10 Å².